The van der Waals surface area contributed by atoms with Crippen molar-refractivity contribution in [1.82, 2.24) is 14.9 Å². The zero-order valence-corrected chi connectivity index (χ0v) is 25.5. The number of benzene rings is 4. The van der Waals surface area contributed by atoms with Crippen molar-refractivity contribution in [2.45, 2.75) is 13.3 Å². The molecule has 0 unspecified atom stereocenters. The van der Waals surface area contributed by atoms with E-state index in [1.807, 2.05) is 12.1 Å². The second-order valence-electron chi connectivity index (χ2n) is 10.6. The number of H-pyrrole nitrogens is 1. The molecule has 1 fully saturated rings. The number of hydrogen-bond donors (Lipinski definition) is 2. The number of nitrogens with one attached hydrogen (secondary N) is 2. The average molecular weight is 615 g/mol. The van der Waals surface area contributed by atoms with Gasteiger partial charge in [0.1, 0.15) is 23.7 Å². The topological polar surface area (TPSA) is 73.5 Å². The van der Waals surface area contributed by atoms with E-state index in [0.29, 0.717) is 22.3 Å². The highest BCUT2D eigenvalue weighted by atomic mass is 35.5. The summed E-state index contributed by atoms with van der Waals surface area (Å²) >= 11 is 12.3. The minimum absolute atomic E-state index is 0.259. The molecule has 1 aliphatic heterocycles. The van der Waals surface area contributed by atoms with Crippen LogP contribution in [-0.4, -0.2) is 60.1 Å². The Kier molecular flexibility index (Phi) is 8.84. The smallest absolute Gasteiger partial charge is 0.258 e. The molecule has 0 saturated carbocycles. The maximum absolute atomic E-state index is 12.6. The largest absolute Gasteiger partial charge is 0.492 e. The van der Waals surface area contributed by atoms with Gasteiger partial charge in [0.15, 0.2) is 0 Å². The van der Waals surface area contributed by atoms with Crippen LogP contribution in [0.25, 0.3) is 22.4 Å². The fraction of sp³-hybridized carbons (Fsp3) is 0.235. The van der Waals surface area contributed by atoms with Gasteiger partial charge in [0, 0.05) is 44.0 Å². The molecule has 5 aromatic rings. The van der Waals surface area contributed by atoms with Gasteiger partial charge < -0.3 is 19.9 Å². The Morgan fingerprint density at radius 3 is 2.40 bits per heavy atom. The molecule has 2 heterocycles. The first-order chi connectivity index (χ1) is 21.0. The minimum atomic E-state index is -0.353. The van der Waals surface area contributed by atoms with Gasteiger partial charge in [-0.15, -0.1) is 0 Å². The lowest BCUT2D eigenvalue weighted by atomic mass is 10.1. The van der Waals surface area contributed by atoms with Crippen LogP contribution in [-0.2, 0) is 6.42 Å². The Morgan fingerprint density at radius 1 is 0.930 bits per heavy atom. The number of aryl methyl sites for hydroxylation is 1. The van der Waals surface area contributed by atoms with Crippen molar-refractivity contribution in [2.75, 3.05) is 49.5 Å². The molecular weight excluding hydrogens is 581 g/mol. The van der Waals surface area contributed by atoms with Crippen LogP contribution < -0.4 is 15.0 Å². The van der Waals surface area contributed by atoms with Crippen LogP contribution in [0.2, 0.25) is 10.0 Å². The number of anilines is 2. The third-order valence-electron chi connectivity index (χ3n) is 7.79. The number of rotatable bonds is 9. The van der Waals surface area contributed by atoms with Crippen molar-refractivity contribution < 1.29 is 9.53 Å². The molecule has 43 heavy (non-hydrogen) atoms. The lowest BCUT2D eigenvalue weighted by molar-refractivity contribution is 0.102. The van der Waals surface area contributed by atoms with Crippen LogP contribution in [0.15, 0.2) is 84.9 Å². The predicted octanol–water partition coefficient (Wildman–Crippen LogP) is 7.55. The lowest BCUT2D eigenvalue weighted by Crippen LogP contribution is -2.47. The second-order valence-corrected chi connectivity index (χ2v) is 11.4. The predicted molar refractivity (Wildman–Crippen MR) is 176 cm³/mol. The lowest BCUT2D eigenvalue weighted by Gasteiger charge is -2.36. The van der Waals surface area contributed by atoms with Crippen LogP contribution in [0, 0.1) is 0 Å². The third-order valence-corrected chi connectivity index (χ3v) is 8.42. The molecule has 2 N–H and O–H groups in total. The van der Waals surface area contributed by atoms with Gasteiger partial charge in [0.2, 0.25) is 0 Å². The molecule has 7 nitrogen and oxygen atoms in total. The SMILES string of the molecule is CCc1cccc(-c2nc3c(N4CCN(CCOc5ccc(NC(=O)c6c(Cl)cccc6Cl)cc5)CC4)cccc3[nH]2)c1. The maximum Gasteiger partial charge on any atom is 0.258 e. The summed E-state index contributed by atoms with van der Waals surface area (Å²) in [6.45, 7) is 7.34. The van der Waals surface area contributed by atoms with Gasteiger partial charge in [-0.2, -0.15) is 0 Å². The number of nitrogens with zero attached hydrogens (tertiary/aromatic N) is 3. The molecule has 9 heteroatoms. The summed E-state index contributed by atoms with van der Waals surface area (Å²) in [5.41, 5.74) is 6.57. The first-order valence-electron chi connectivity index (χ1n) is 14.5. The van der Waals surface area contributed by atoms with E-state index in [2.05, 4.69) is 69.5 Å². The molecular formula is C34H33Cl2N5O2. The van der Waals surface area contributed by atoms with Crippen molar-refractivity contribution in [2.24, 2.45) is 0 Å². The number of carbonyl (C=O) groups is 1. The summed E-state index contributed by atoms with van der Waals surface area (Å²) in [6.07, 6.45) is 1.00. The first kappa shape index (κ1) is 29.1. The van der Waals surface area contributed by atoms with Crippen LogP contribution >= 0.6 is 23.2 Å². The zero-order valence-electron chi connectivity index (χ0n) is 23.9. The van der Waals surface area contributed by atoms with Gasteiger partial charge in [0.25, 0.3) is 5.91 Å². The van der Waals surface area contributed by atoms with Crippen molar-refractivity contribution in [3.05, 3.63) is 106 Å². The summed E-state index contributed by atoms with van der Waals surface area (Å²) in [6, 6.07) is 27.2. The molecule has 0 spiro atoms. The van der Waals surface area contributed by atoms with E-state index in [1.165, 1.54) is 11.3 Å². The van der Waals surface area contributed by atoms with E-state index < -0.39 is 0 Å². The van der Waals surface area contributed by atoms with Crippen LogP contribution in [0.3, 0.4) is 0 Å². The summed E-state index contributed by atoms with van der Waals surface area (Å²) in [5.74, 6) is 1.31. The average Bonchev–Trinajstić information content (AvgIpc) is 3.47. The van der Waals surface area contributed by atoms with Gasteiger partial charge in [-0.1, -0.05) is 60.5 Å². The Hall–Kier alpha value is -4.04. The van der Waals surface area contributed by atoms with Gasteiger partial charge in [-0.3, -0.25) is 9.69 Å². The van der Waals surface area contributed by atoms with Crippen molar-refractivity contribution in [3.63, 3.8) is 0 Å². The number of amides is 1. The standard InChI is InChI=1S/C34H33Cl2N5O2/c1-2-23-6-3-7-24(22-23)33-38-29-10-5-11-30(32(29)39-33)41-18-16-40(17-19-41)20-21-43-26-14-12-25(13-15-26)37-34(42)31-27(35)8-4-9-28(31)36/h3-15,22H,2,16-21H2,1H3,(H,37,42)(H,38,39). The zero-order chi connectivity index (χ0) is 29.8. The van der Waals surface area contributed by atoms with Gasteiger partial charge in [0.05, 0.1) is 26.8 Å². The van der Waals surface area contributed by atoms with Gasteiger partial charge in [-0.05, 0) is 66.6 Å². The highest BCUT2D eigenvalue weighted by Gasteiger charge is 2.20. The van der Waals surface area contributed by atoms with E-state index in [0.717, 1.165) is 67.3 Å². The second kappa shape index (κ2) is 13.1. The number of ether oxygens (including phenoxy) is 1. The monoisotopic (exact) mass is 613 g/mol. The number of para-hydroxylation sites is 1. The Labute approximate surface area is 261 Å². The van der Waals surface area contributed by atoms with E-state index in [4.69, 9.17) is 32.9 Å². The summed E-state index contributed by atoms with van der Waals surface area (Å²) < 4.78 is 6.00. The highest BCUT2D eigenvalue weighted by molar-refractivity contribution is 6.40. The molecule has 0 bridgehead atoms. The van der Waals surface area contributed by atoms with Crippen LogP contribution in [0.1, 0.15) is 22.8 Å². The van der Waals surface area contributed by atoms with Crippen LogP contribution in [0.5, 0.6) is 5.75 Å². The molecule has 1 amide bonds. The van der Waals surface area contributed by atoms with Crippen molar-refractivity contribution >= 4 is 51.5 Å². The molecule has 1 saturated heterocycles. The first-order valence-corrected chi connectivity index (χ1v) is 15.3. The number of hydrogen-bond acceptors (Lipinski definition) is 5. The number of aromatic amines is 1. The fourth-order valence-corrected chi connectivity index (χ4v) is 5.96. The minimum Gasteiger partial charge on any atom is -0.492 e. The number of halogens is 2. The quantitative estimate of drug-likeness (QED) is 0.179. The van der Waals surface area contributed by atoms with E-state index in [9.17, 15) is 4.79 Å². The molecule has 1 aromatic heterocycles. The summed E-state index contributed by atoms with van der Waals surface area (Å²) in [5, 5.41) is 3.46. The van der Waals surface area contributed by atoms with E-state index >= 15 is 0 Å². The molecule has 4 aromatic carbocycles. The fourth-order valence-electron chi connectivity index (χ4n) is 5.40. The van der Waals surface area contributed by atoms with Crippen molar-refractivity contribution in [1.29, 1.82) is 0 Å². The number of imidazole rings is 1. The molecule has 6 rings (SSSR count). The summed E-state index contributed by atoms with van der Waals surface area (Å²) in [7, 11) is 0. The van der Waals surface area contributed by atoms with Crippen LogP contribution in [0.4, 0.5) is 11.4 Å². The van der Waals surface area contributed by atoms with Crippen molar-refractivity contribution in [3.8, 4) is 17.1 Å². The molecule has 220 valence electrons. The molecule has 0 radical (unpaired) electrons. The van der Waals surface area contributed by atoms with Gasteiger partial charge >= 0.3 is 0 Å². The molecule has 0 aliphatic carbocycles. The Morgan fingerprint density at radius 2 is 1.65 bits per heavy atom. The number of carbonyl (C=O) groups excluding carboxylic acids is 1. The normalized spacial score (nSPS) is 13.8. The Bertz CT molecular complexity index is 1710. The molecule has 0 atom stereocenters. The van der Waals surface area contributed by atoms with E-state index in [-0.39, 0.29) is 11.5 Å². The maximum atomic E-state index is 12.6. The Balaban J connectivity index is 1.00. The van der Waals surface area contributed by atoms with E-state index in [1.54, 1.807) is 30.3 Å². The van der Waals surface area contributed by atoms with Gasteiger partial charge in [-0.25, -0.2) is 4.98 Å². The summed E-state index contributed by atoms with van der Waals surface area (Å²) in [4.78, 5) is 26.0. The highest BCUT2D eigenvalue weighted by Crippen LogP contribution is 2.30. The number of fused-ring (bicyclic) bond motifs is 1. The third kappa shape index (κ3) is 6.64. The number of aromatic nitrogens is 2. The molecule has 1 aliphatic rings. The number of piperazine rings is 1.